The van der Waals surface area contributed by atoms with Crippen LogP contribution >= 0.6 is 0 Å². The zero-order chi connectivity index (χ0) is 22.6. The third kappa shape index (κ3) is 4.59. The largest absolute Gasteiger partial charge is 0.454 e. The molecule has 0 amide bonds. The zero-order valence-corrected chi connectivity index (χ0v) is 17.7. The number of aryl methyl sites for hydroxylation is 1. The Bertz CT molecular complexity index is 1190. The number of hydrogen-bond acceptors (Lipinski definition) is 7. The monoisotopic (exact) mass is 439 g/mol. The topological polar surface area (TPSA) is 131 Å². The van der Waals surface area contributed by atoms with Gasteiger partial charge in [-0.15, -0.1) is 0 Å². The van der Waals surface area contributed by atoms with Gasteiger partial charge in [-0.1, -0.05) is 18.2 Å². The summed E-state index contributed by atoms with van der Waals surface area (Å²) in [5.74, 6) is -1.52. The second-order valence-electron chi connectivity index (χ2n) is 7.00. The molecule has 0 saturated heterocycles. The van der Waals surface area contributed by atoms with E-state index in [1.165, 1.54) is 35.5 Å². The van der Waals surface area contributed by atoms with Crippen molar-refractivity contribution >= 4 is 27.5 Å². The van der Waals surface area contributed by atoms with Crippen LogP contribution in [0.15, 0.2) is 64.7 Å². The Hall–Kier alpha value is -3.64. The number of nitriles is 1. The number of nitrogens with zero attached hydrogens (tertiary/aromatic N) is 2. The number of sulfonamides is 1. The van der Waals surface area contributed by atoms with Gasteiger partial charge in [-0.05, 0) is 55.7 Å². The molecule has 2 N–H and O–H groups in total. The number of esters is 1. The number of rotatable bonds is 6. The van der Waals surface area contributed by atoms with Gasteiger partial charge in [0.1, 0.15) is 11.6 Å². The van der Waals surface area contributed by atoms with Crippen LogP contribution in [-0.2, 0) is 26.0 Å². The van der Waals surface area contributed by atoms with Crippen molar-refractivity contribution in [1.29, 1.82) is 5.26 Å². The molecule has 0 aromatic heterocycles. The molecule has 0 aliphatic carbocycles. The molecule has 0 unspecified atom stereocenters. The molecule has 1 aliphatic heterocycles. The van der Waals surface area contributed by atoms with E-state index < -0.39 is 28.4 Å². The van der Waals surface area contributed by atoms with Crippen molar-refractivity contribution in [3.63, 3.8) is 0 Å². The van der Waals surface area contributed by atoms with Crippen LogP contribution in [0.2, 0.25) is 0 Å². The molecule has 0 spiro atoms. The summed E-state index contributed by atoms with van der Waals surface area (Å²) in [6, 6.07) is 14.3. The highest BCUT2D eigenvalue weighted by molar-refractivity contribution is 7.92. The Morgan fingerprint density at radius 1 is 1.16 bits per heavy atom. The highest BCUT2D eigenvalue weighted by Crippen LogP contribution is 2.31. The van der Waals surface area contributed by atoms with Gasteiger partial charge in [0.05, 0.1) is 16.1 Å². The second-order valence-corrected chi connectivity index (χ2v) is 8.87. The molecule has 2 aromatic rings. The Morgan fingerprint density at radius 2 is 1.84 bits per heavy atom. The van der Waals surface area contributed by atoms with E-state index in [0.717, 1.165) is 18.4 Å². The average Bonchev–Trinajstić information content (AvgIpc) is 2.77. The van der Waals surface area contributed by atoms with Gasteiger partial charge >= 0.3 is 5.97 Å². The fourth-order valence-corrected chi connectivity index (χ4v) is 4.84. The number of ether oxygens (including phenoxy) is 1. The quantitative estimate of drug-likeness (QED) is 0.415. The van der Waals surface area contributed by atoms with Crippen LogP contribution in [0.4, 0.5) is 5.69 Å². The van der Waals surface area contributed by atoms with Crippen LogP contribution in [0.1, 0.15) is 29.3 Å². The van der Waals surface area contributed by atoms with Gasteiger partial charge in [-0.25, -0.2) is 13.2 Å². The van der Waals surface area contributed by atoms with Crippen molar-refractivity contribution in [2.24, 2.45) is 5.73 Å². The summed E-state index contributed by atoms with van der Waals surface area (Å²) in [6.07, 6.45) is 1.54. The minimum absolute atomic E-state index is 0.0393. The maximum absolute atomic E-state index is 13.1. The number of Topliss-reactive ketones (excluding diaryl/α,β-unsaturated/α-hetero) is 1. The molecular weight excluding hydrogens is 418 g/mol. The SMILES string of the molecule is C/C(N)=C(/C#N)C(=O)COC(=O)c1ccc(S(=O)(=O)N2CCCc3ccccc32)cc1. The number of nitrogens with two attached hydrogens (primary N) is 1. The van der Waals surface area contributed by atoms with E-state index in [1.807, 2.05) is 12.1 Å². The molecule has 0 atom stereocenters. The maximum atomic E-state index is 13.1. The van der Waals surface area contributed by atoms with Gasteiger partial charge < -0.3 is 10.5 Å². The van der Waals surface area contributed by atoms with E-state index in [4.69, 9.17) is 15.7 Å². The summed E-state index contributed by atoms with van der Waals surface area (Å²) in [4.78, 5) is 24.1. The van der Waals surface area contributed by atoms with Gasteiger partial charge in [0.25, 0.3) is 10.0 Å². The minimum atomic E-state index is -3.80. The van der Waals surface area contributed by atoms with E-state index >= 15 is 0 Å². The summed E-state index contributed by atoms with van der Waals surface area (Å²) < 4.78 is 32.6. The number of allylic oxidation sites excluding steroid dienone is 1. The predicted octanol–water partition coefficient (Wildman–Crippen LogP) is 2.31. The first-order valence-corrected chi connectivity index (χ1v) is 11.0. The lowest BCUT2D eigenvalue weighted by atomic mass is 10.0. The van der Waals surface area contributed by atoms with Crippen LogP contribution in [0.25, 0.3) is 0 Å². The van der Waals surface area contributed by atoms with Crippen LogP contribution in [0.3, 0.4) is 0 Å². The highest BCUT2D eigenvalue weighted by Gasteiger charge is 2.29. The molecule has 1 heterocycles. The molecule has 1 aliphatic rings. The highest BCUT2D eigenvalue weighted by atomic mass is 32.2. The lowest BCUT2D eigenvalue weighted by molar-refractivity contribution is -0.118. The zero-order valence-electron chi connectivity index (χ0n) is 16.9. The minimum Gasteiger partial charge on any atom is -0.454 e. The lowest BCUT2D eigenvalue weighted by Crippen LogP contribution is -2.35. The first-order valence-electron chi connectivity index (χ1n) is 9.53. The first kappa shape index (κ1) is 22.1. The summed E-state index contributed by atoms with van der Waals surface area (Å²) in [7, 11) is -3.80. The molecule has 31 heavy (non-hydrogen) atoms. The molecule has 0 radical (unpaired) electrons. The predicted molar refractivity (Wildman–Crippen MR) is 114 cm³/mol. The summed E-state index contributed by atoms with van der Waals surface area (Å²) >= 11 is 0. The summed E-state index contributed by atoms with van der Waals surface area (Å²) in [5.41, 5.74) is 6.93. The summed E-state index contributed by atoms with van der Waals surface area (Å²) in [6.45, 7) is 1.14. The van der Waals surface area contributed by atoms with Gasteiger partial charge in [0.2, 0.25) is 5.78 Å². The smallest absolute Gasteiger partial charge is 0.338 e. The number of fused-ring (bicyclic) bond motifs is 1. The van der Waals surface area contributed by atoms with Crippen molar-refractivity contribution in [3.05, 3.63) is 70.9 Å². The molecule has 9 heteroatoms. The van der Waals surface area contributed by atoms with Crippen LogP contribution in [0.5, 0.6) is 0 Å². The van der Waals surface area contributed by atoms with E-state index in [0.29, 0.717) is 12.2 Å². The fraction of sp³-hybridized carbons (Fsp3) is 0.227. The maximum Gasteiger partial charge on any atom is 0.338 e. The molecule has 160 valence electrons. The molecule has 0 fully saturated rings. The number of carbonyl (C=O) groups excluding carboxylic acids is 2. The number of para-hydroxylation sites is 1. The third-order valence-electron chi connectivity index (χ3n) is 4.86. The Labute approximate surface area is 180 Å². The van der Waals surface area contributed by atoms with Crippen LogP contribution in [-0.4, -0.2) is 33.3 Å². The van der Waals surface area contributed by atoms with Crippen molar-refractivity contribution in [2.75, 3.05) is 17.5 Å². The molecule has 3 rings (SSSR count). The number of anilines is 1. The Balaban J connectivity index is 1.75. The molecular formula is C22H21N3O5S. The van der Waals surface area contributed by atoms with E-state index in [9.17, 15) is 18.0 Å². The van der Waals surface area contributed by atoms with Crippen molar-refractivity contribution in [3.8, 4) is 6.07 Å². The van der Waals surface area contributed by atoms with Crippen LogP contribution in [0, 0.1) is 11.3 Å². The Morgan fingerprint density at radius 3 is 2.48 bits per heavy atom. The Kier molecular flexibility index (Phi) is 6.42. The molecule has 8 nitrogen and oxygen atoms in total. The van der Waals surface area contributed by atoms with Crippen molar-refractivity contribution in [2.45, 2.75) is 24.7 Å². The van der Waals surface area contributed by atoms with Crippen molar-refractivity contribution < 1.29 is 22.7 Å². The van der Waals surface area contributed by atoms with Gasteiger partial charge in [0.15, 0.2) is 6.61 Å². The molecule has 2 aromatic carbocycles. The standard InChI is InChI=1S/C22H21N3O5S/c1-15(24)19(13-23)21(26)14-30-22(27)17-8-10-18(11-9-17)31(28,29)25-12-4-6-16-5-2-3-7-20(16)25/h2-3,5,7-11H,4,6,12,14,24H2,1H3/b19-15+. The molecule has 0 saturated carbocycles. The lowest BCUT2D eigenvalue weighted by Gasteiger charge is -2.30. The third-order valence-corrected chi connectivity index (χ3v) is 6.69. The van der Waals surface area contributed by atoms with Crippen LogP contribution < -0.4 is 10.0 Å². The average molecular weight is 439 g/mol. The number of ketones is 1. The van der Waals surface area contributed by atoms with E-state index in [2.05, 4.69) is 0 Å². The summed E-state index contributed by atoms with van der Waals surface area (Å²) in [5, 5.41) is 8.91. The number of carbonyl (C=O) groups is 2. The van der Waals surface area contributed by atoms with Gasteiger partial charge in [-0.2, -0.15) is 5.26 Å². The molecule has 0 bridgehead atoms. The number of benzene rings is 2. The van der Waals surface area contributed by atoms with Crippen molar-refractivity contribution in [1.82, 2.24) is 0 Å². The normalized spacial score (nSPS) is 14.1. The first-order chi connectivity index (χ1) is 14.8. The van der Waals surface area contributed by atoms with E-state index in [1.54, 1.807) is 18.2 Å². The second kappa shape index (κ2) is 9.02. The van der Waals surface area contributed by atoms with Gasteiger partial charge in [-0.3, -0.25) is 9.10 Å². The number of hydrogen-bond donors (Lipinski definition) is 1. The fourth-order valence-electron chi connectivity index (χ4n) is 3.30. The van der Waals surface area contributed by atoms with Gasteiger partial charge in [0, 0.05) is 12.2 Å². The van der Waals surface area contributed by atoms with E-state index in [-0.39, 0.29) is 21.7 Å².